The Kier molecular flexibility index (Phi) is 5.15. The molecule has 0 bridgehead atoms. The molecule has 0 fully saturated rings. The first-order chi connectivity index (χ1) is 8.19. The van der Waals surface area contributed by atoms with Crippen LogP contribution in [0, 0.1) is 0 Å². The van der Waals surface area contributed by atoms with Crippen LogP contribution in [0.5, 0.6) is 5.88 Å². The molecule has 1 rings (SSSR count). The van der Waals surface area contributed by atoms with Gasteiger partial charge in [-0.25, -0.2) is 0 Å². The van der Waals surface area contributed by atoms with E-state index in [1.165, 1.54) is 19.2 Å². The fourth-order valence-electron chi connectivity index (χ4n) is 1.19. The molecule has 8 nitrogen and oxygen atoms in total. The van der Waals surface area contributed by atoms with Crippen LogP contribution in [0.15, 0.2) is 17.2 Å². The predicted octanol–water partition coefficient (Wildman–Crippen LogP) is 0.580. The van der Waals surface area contributed by atoms with Crippen molar-refractivity contribution < 1.29 is 14.9 Å². The van der Waals surface area contributed by atoms with E-state index < -0.39 is 12.2 Å². The molecular weight excluding hydrogens is 226 g/mol. The third-order valence-electron chi connectivity index (χ3n) is 2.13. The first kappa shape index (κ1) is 13.2. The zero-order valence-electron chi connectivity index (χ0n) is 9.26. The molecule has 8 heteroatoms. The van der Waals surface area contributed by atoms with Gasteiger partial charge in [-0.1, -0.05) is 5.11 Å². The molecule has 2 atom stereocenters. The van der Waals surface area contributed by atoms with Gasteiger partial charge in [0.25, 0.3) is 0 Å². The third-order valence-corrected chi connectivity index (χ3v) is 2.13. The van der Waals surface area contributed by atoms with Crippen molar-refractivity contribution in [3.63, 3.8) is 0 Å². The van der Waals surface area contributed by atoms with Gasteiger partial charge in [0.1, 0.15) is 6.10 Å². The van der Waals surface area contributed by atoms with Crippen LogP contribution in [0.25, 0.3) is 10.4 Å². The summed E-state index contributed by atoms with van der Waals surface area (Å²) < 4.78 is 4.82. The molecule has 1 heterocycles. The van der Waals surface area contributed by atoms with E-state index in [9.17, 15) is 10.2 Å². The van der Waals surface area contributed by atoms with Gasteiger partial charge in [-0.2, -0.15) is 0 Å². The lowest BCUT2D eigenvalue weighted by Gasteiger charge is -2.15. The van der Waals surface area contributed by atoms with E-state index in [2.05, 4.69) is 20.2 Å². The Morgan fingerprint density at radius 2 is 2.24 bits per heavy atom. The van der Waals surface area contributed by atoms with Crippen LogP contribution in [0.4, 0.5) is 0 Å². The van der Waals surface area contributed by atoms with Crippen LogP contribution in [-0.4, -0.2) is 40.2 Å². The van der Waals surface area contributed by atoms with E-state index in [0.29, 0.717) is 5.88 Å². The maximum absolute atomic E-state index is 9.72. The highest BCUT2D eigenvalue weighted by Gasteiger charge is 2.19. The fraction of sp³-hybridized carbons (Fsp3) is 0.556. The molecule has 92 valence electrons. The second-order valence-corrected chi connectivity index (χ2v) is 3.26. The van der Waals surface area contributed by atoms with Crippen molar-refractivity contribution in [2.45, 2.75) is 18.6 Å². The molecule has 0 spiro atoms. The van der Waals surface area contributed by atoms with Crippen molar-refractivity contribution in [3.8, 4) is 5.88 Å². The molecule has 0 aromatic carbocycles. The molecule has 0 aliphatic rings. The smallest absolute Gasteiger partial charge is 0.233 e. The second-order valence-electron chi connectivity index (χ2n) is 3.26. The highest BCUT2D eigenvalue weighted by Crippen LogP contribution is 2.17. The van der Waals surface area contributed by atoms with E-state index in [1.807, 2.05) is 0 Å². The Morgan fingerprint density at radius 1 is 1.47 bits per heavy atom. The number of aromatic nitrogens is 2. The summed E-state index contributed by atoms with van der Waals surface area (Å²) in [6.45, 7) is 0.109. The minimum atomic E-state index is -1.16. The maximum Gasteiger partial charge on any atom is 0.233 e. The molecule has 0 amide bonds. The van der Waals surface area contributed by atoms with E-state index in [1.54, 1.807) is 0 Å². The van der Waals surface area contributed by atoms with Gasteiger partial charge in [0, 0.05) is 17.5 Å². The average Bonchev–Trinajstić information content (AvgIpc) is 2.38. The second kappa shape index (κ2) is 6.64. The summed E-state index contributed by atoms with van der Waals surface area (Å²) in [5, 5.41) is 30.0. The Bertz CT molecular complexity index is 390. The minimum Gasteiger partial charge on any atom is -0.480 e. The lowest BCUT2D eigenvalue weighted by Crippen LogP contribution is -2.20. The summed E-state index contributed by atoms with van der Waals surface area (Å²) in [5.74, 6) is 0.324. The zero-order valence-corrected chi connectivity index (χ0v) is 9.26. The highest BCUT2D eigenvalue weighted by atomic mass is 16.5. The van der Waals surface area contributed by atoms with Gasteiger partial charge in [0.2, 0.25) is 5.88 Å². The van der Waals surface area contributed by atoms with Crippen LogP contribution in [0.3, 0.4) is 0 Å². The number of nitrogens with zero attached hydrogens (tertiary/aromatic N) is 5. The van der Waals surface area contributed by atoms with Crippen LogP contribution in [-0.2, 0) is 0 Å². The largest absolute Gasteiger partial charge is 0.480 e. The third kappa shape index (κ3) is 3.87. The van der Waals surface area contributed by atoms with Crippen molar-refractivity contribution in [2.24, 2.45) is 5.11 Å². The highest BCUT2D eigenvalue weighted by molar-refractivity contribution is 5.13. The molecule has 0 saturated carbocycles. The van der Waals surface area contributed by atoms with E-state index in [0.717, 1.165) is 0 Å². The van der Waals surface area contributed by atoms with Gasteiger partial charge in [-0.15, -0.1) is 10.2 Å². The SMILES string of the molecule is COc1ccc(C(O)C(O)CCN=[N+]=[N-])nn1. The number of hydrogen-bond donors (Lipinski definition) is 2. The molecule has 0 aliphatic carbocycles. The Labute approximate surface area is 97.5 Å². The molecule has 2 unspecified atom stereocenters. The zero-order chi connectivity index (χ0) is 12.7. The molecular formula is C9H13N5O3. The summed E-state index contributed by atoms with van der Waals surface area (Å²) in [4.78, 5) is 2.55. The van der Waals surface area contributed by atoms with E-state index in [4.69, 9.17) is 10.3 Å². The molecule has 1 aromatic rings. The van der Waals surface area contributed by atoms with Crippen LogP contribution in [0.1, 0.15) is 18.2 Å². The standard InChI is InChI=1S/C9H13N5O3/c1-17-8-3-2-6(12-13-8)9(16)7(15)4-5-11-14-10/h2-3,7,9,15-16H,4-5H2,1H3. The van der Waals surface area contributed by atoms with Crippen LogP contribution in [0.2, 0.25) is 0 Å². The van der Waals surface area contributed by atoms with Crippen molar-refractivity contribution in [2.75, 3.05) is 13.7 Å². The predicted molar refractivity (Wildman–Crippen MR) is 58.2 cm³/mol. The van der Waals surface area contributed by atoms with Gasteiger partial charge in [0.15, 0.2) is 0 Å². The van der Waals surface area contributed by atoms with E-state index in [-0.39, 0.29) is 18.7 Å². The summed E-state index contributed by atoms with van der Waals surface area (Å²) in [7, 11) is 1.45. The lowest BCUT2D eigenvalue weighted by atomic mass is 10.1. The molecule has 0 aliphatic heterocycles. The van der Waals surface area contributed by atoms with Gasteiger partial charge in [-0.3, -0.25) is 0 Å². The number of azide groups is 1. The molecule has 17 heavy (non-hydrogen) atoms. The Morgan fingerprint density at radius 3 is 2.76 bits per heavy atom. The summed E-state index contributed by atoms with van der Waals surface area (Å²) in [6, 6.07) is 3.04. The number of ether oxygens (including phenoxy) is 1. The topological polar surface area (TPSA) is 124 Å². The van der Waals surface area contributed by atoms with Gasteiger partial charge < -0.3 is 14.9 Å². The number of methoxy groups -OCH3 is 1. The van der Waals surface area contributed by atoms with Gasteiger partial charge in [0.05, 0.1) is 18.9 Å². The quantitative estimate of drug-likeness (QED) is 0.426. The monoisotopic (exact) mass is 239 g/mol. The van der Waals surface area contributed by atoms with Crippen molar-refractivity contribution >= 4 is 0 Å². The average molecular weight is 239 g/mol. The number of hydrogen-bond acceptors (Lipinski definition) is 6. The van der Waals surface area contributed by atoms with Crippen LogP contribution < -0.4 is 4.74 Å². The van der Waals surface area contributed by atoms with Crippen molar-refractivity contribution in [1.82, 2.24) is 10.2 Å². The van der Waals surface area contributed by atoms with Crippen LogP contribution >= 0.6 is 0 Å². The minimum absolute atomic E-state index is 0.109. The molecule has 1 aromatic heterocycles. The van der Waals surface area contributed by atoms with Crippen molar-refractivity contribution in [1.29, 1.82) is 0 Å². The molecule has 0 saturated heterocycles. The first-order valence-electron chi connectivity index (χ1n) is 4.93. The summed E-state index contributed by atoms with van der Waals surface area (Å²) in [6.07, 6.45) is -2.07. The fourth-order valence-corrected chi connectivity index (χ4v) is 1.19. The molecule has 2 N–H and O–H groups in total. The molecule has 0 radical (unpaired) electrons. The van der Waals surface area contributed by atoms with Crippen molar-refractivity contribution in [3.05, 3.63) is 28.3 Å². The lowest BCUT2D eigenvalue weighted by molar-refractivity contribution is 0.0119. The van der Waals surface area contributed by atoms with E-state index >= 15 is 0 Å². The van der Waals surface area contributed by atoms with Gasteiger partial charge in [-0.05, 0) is 18.0 Å². The summed E-state index contributed by atoms with van der Waals surface area (Å²) >= 11 is 0. The Balaban J connectivity index is 2.60. The number of aliphatic hydroxyl groups excluding tert-OH is 2. The summed E-state index contributed by atoms with van der Waals surface area (Å²) in [5.41, 5.74) is 8.31. The first-order valence-corrected chi connectivity index (χ1v) is 4.93. The maximum atomic E-state index is 9.72. The Hall–Kier alpha value is -1.89. The normalized spacial score (nSPS) is 13.6. The number of rotatable bonds is 6. The number of aliphatic hydroxyl groups is 2. The van der Waals surface area contributed by atoms with Gasteiger partial charge >= 0.3 is 0 Å².